The van der Waals surface area contributed by atoms with E-state index in [0.717, 1.165) is 22.1 Å². The number of ketones is 1. The normalized spacial score (nSPS) is 10.9. The van der Waals surface area contributed by atoms with Gasteiger partial charge in [0.2, 0.25) is 0 Å². The van der Waals surface area contributed by atoms with Crippen molar-refractivity contribution in [2.45, 2.75) is 6.92 Å². The van der Waals surface area contributed by atoms with Crippen molar-refractivity contribution in [3.05, 3.63) is 70.2 Å². The molecule has 0 saturated heterocycles. The molecular weight excluding hydrogens is 486 g/mol. The van der Waals surface area contributed by atoms with E-state index in [9.17, 15) is 9.59 Å². The molecule has 0 bridgehead atoms. The number of carbonyl (C=O) groups is 2. The Balaban J connectivity index is 1.81. The molecule has 0 aromatic heterocycles. The van der Waals surface area contributed by atoms with E-state index < -0.39 is 0 Å². The molecule has 3 aromatic carbocycles. The van der Waals surface area contributed by atoms with Gasteiger partial charge in [0.25, 0.3) is 5.91 Å². The zero-order valence-corrected chi connectivity index (χ0v) is 20.6. The first-order valence-corrected chi connectivity index (χ1v) is 11.2. The molecule has 0 N–H and O–H groups in total. The Morgan fingerprint density at radius 3 is 2.42 bits per heavy atom. The molecule has 0 radical (unpaired) electrons. The van der Waals surface area contributed by atoms with E-state index >= 15 is 0 Å². The SMILES string of the molecule is CCOc1cc(C=CC(=O)c2ccc3cc(OC)ccc3c2)cc(Br)c1OCC(=O)N(C)C. The summed E-state index contributed by atoms with van der Waals surface area (Å²) in [6.45, 7) is 2.19. The molecule has 0 spiro atoms. The highest BCUT2D eigenvalue weighted by Crippen LogP contribution is 2.37. The molecule has 33 heavy (non-hydrogen) atoms. The molecule has 0 fully saturated rings. The maximum Gasteiger partial charge on any atom is 0.259 e. The van der Waals surface area contributed by atoms with Gasteiger partial charge in [-0.05, 0) is 75.6 Å². The van der Waals surface area contributed by atoms with Gasteiger partial charge in [0.15, 0.2) is 23.9 Å². The second-order valence-corrected chi connectivity index (χ2v) is 8.32. The van der Waals surface area contributed by atoms with E-state index in [0.29, 0.717) is 28.1 Å². The fourth-order valence-corrected chi connectivity index (χ4v) is 3.70. The van der Waals surface area contributed by atoms with Gasteiger partial charge in [-0.1, -0.05) is 24.3 Å². The molecule has 0 unspecified atom stereocenters. The van der Waals surface area contributed by atoms with Crippen LogP contribution in [-0.4, -0.2) is 51.0 Å². The van der Waals surface area contributed by atoms with Crippen molar-refractivity contribution >= 4 is 44.5 Å². The van der Waals surface area contributed by atoms with Crippen LogP contribution in [0, 0.1) is 0 Å². The van der Waals surface area contributed by atoms with Crippen molar-refractivity contribution in [1.82, 2.24) is 4.90 Å². The quantitative estimate of drug-likeness (QED) is 0.285. The summed E-state index contributed by atoms with van der Waals surface area (Å²) in [6, 6.07) is 14.9. The average Bonchev–Trinajstić information content (AvgIpc) is 2.81. The molecule has 7 heteroatoms. The molecule has 0 aliphatic rings. The molecule has 0 aliphatic carbocycles. The molecule has 0 atom stereocenters. The van der Waals surface area contributed by atoms with Gasteiger partial charge in [0, 0.05) is 19.7 Å². The van der Waals surface area contributed by atoms with Gasteiger partial charge in [-0.2, -0.15) is 0 Å². The molecule has 0 aliphatic heterocycles. The van der Waals surface area contributed by atoms with Gasteiger partial charge in [0.1, 0.15) is 5.75 Å². The third-order valence-corrected chi connectivity index (χ3v) is 5.52. The summed E-state index contributed by atoms with van der Waals surface area (Å²) in [5.41, 5.74) is 1.35. The predicted octanol–water partition coefficient (Wildman–Crippen LogP) is 5.37. The second-order valence-electron chi connectivity index (χ2n) is 7.47. The molecule has 1 amide bonds. The van der Waals surface area contributed by atoms with E-state index in [2.05, 4.69) is 15.9 Å². The van der Waals surface area contributed by atoms with Crippen LogP contribution < -0.4 is 14.2 Å². The van der Waals surface area contributed by atoms with Crippen molar-refractivity contribution in [2.75, 3.05) is 34.4 Å². The first kappa shape index (κ1) is 24.3. The molecular formula is C26H26BrNO5. The monoisotopic (exact) mass is 511 g/mol. The Kier molecular flexibility index (Phi) is 8.11. The fraction of sp³-hybridized carbons (Fsp3) is 0.231. The average molecular weight is 512 g/mol. The number of amides is 1. The van der Waals surface area contributed by atoms with E-state index in [1.165, 1.54) is 11.0 Å². The summed E-state index contributed by atoms with van der Waals surface area (Å²) in [4.78, 5) is 26.1. The standard InChI is InChI=1S/C26H26BrNO5/c1-5-32-24-13-17(12-22(27)26(24)33-16-25(30)28(2)3)6-11-23(29)20-8-7-19-15-21(31-4)10-9-18(19)14-20/h6-15H,5,16H2,1-4H3. The van der Waals surface area contributed by atoms with E-state index in [4.69, 9.17) is 14.2 Å². The van der Waals surface area contributed by atoms with Gasteiger partial charge in [-0.3, -0.25) is 9.59 Å². The highest BCUT2D eigenvalue weighted by molar-refractivity contribution is 9.10. The smallest absolute Gasteiger partial charge is 0.259 e. The van der Waals surface area contributed by atoms with Crippen LogP contribution in [0.1, 0.15) is 22.8 Å². The number of nitrogens with zero attached hydrogens (tertiary/aromatic N) is 1. The second kappa shape index (κ2) is 11.0. The molecule has 0 heterocycles. The Hall–Kier alpha value is -3.32. The highest BCUT2D eigenvalue weighted by Gasteiger charge is 2.14. The van der Waals surface area contributed by atoms with Gasteiger partial charge in [0.05, 0.1) is 18.2 Å². The number of halogens is 1. The van der Waals surface area contributed by atoms with Gasteiger partial charge in [-0.25, -0.2) is 0 Å². The van der Waals surface area contributed by atoms with Crippen LogP contribution in [0.2, 0.25) is 0 Å². The number of benzene rings is 3. The number of hydrogen-bond donors (Lipinski definition) is 0. The maximum atomic E-state index is 12.8. The Labute approximate surface area is 201 Å². The molecule has 172 valence electrons. The van der Waals surface area contributed by atoms with Crippen LogP contribution in [-0.2, 0) is 4.79 Å². The predicted molar refractivity (Wildman–Crippen MR) is 133 cm³/mol. The third kappa shape index (κ3) is 6.14. The molecule has 6 nitrogen and oxygen atoms in total. The van der Waals surface area contributed by atoms with Crippen LogP contribution in [0.4, 0.5) is 0 Å². The summed E-state index contributed by atoms with van der Waals surface area (Å²) in [6.07, 6.45) is 3.25. The summed E-state index contributed by atoms with van der Waals surface area (Å²) in [5, 5.41) is 1.97. The zero-order chi connectivity index (χ0) is 24.0. The lowest BCUT2D eigenvalue weighted by molar-refractivity contribution is -0.130. The molecule has 0 saturated carbocycles. The number of rotatable bonds is 9. The minimum Gasteiger partial charge on any atom is -0.497 e. The van der Waals surface area contributed by atoms with Crippen LogP contribution in [0.15, 0.2) is 59.1 Å². The van der Waals surface area contributed by atoms with Crippen LogP contribution in [0.3, 0.4) is 0 Å². The first-order valence-electron chi connectivity index (χ1n) is 10.4. The largest absolute Gasteiger partial charge is 0.497 e. The van der Waals surface area contributed by atoms with Crippen molar-refractivity contribution in [2.24, 2.45) is 0 Å². The summed E-state index contributed by atoms with van der Waals surface area (Å²) < 4.78 is 17.3. The number of likely N-dealkylation sites (N-methyl/N-ethyl adjacent to an activating group) is 1. The lowest BCUT2D eigenvalue weighted by Crippen LogP contribution is -2.27. The maximum absolute atomic E-state index is 12.8. The summed E-state index contributed by atoms with van der Waals surface area (Å²) in [7, 11) is 4.96. The highest BCUT2D eigenvalue weighted by atomic mass is 79.9. The number of carbonyl (C=O) groups excluding carboxylic acids is 2. The van der Waals surface area contributed by atoms with E-state index in [-0.39, 0.29) is 18.3 Å². The Morgan fingerprint density at radius 2 is 1.73 bits per heavy atom. The number of ether oxygens (including phenoxy) is 3. The van der Waals surface area contributed by atoms with Crippen LogP contribution in [0.5, 0.6) is 17.2 Å². The fourth-order valence-electron chi connectivity index (χ4n) is 3.12. The Morgan fingerprint density at radius 1 is 1.00 bits per heavy atom. The van der Waals surface area contributed by atoms with Crippen molar-refractivity contribution in [3.63, 3.8) is 0 Å². The lowest BCUT2D eigenvalue weighted by atomic mass is 10.0. The number of fused-ring (bicyclic) bond motifs is 1. The van der Waals surface area contributed by atoms with Crippen LogP contribution >= 0.6 is 15.9 Å². The first-order chi connectivity index (χ1) is 15.8. The summed E-state index contributed by atoms with van der Waals surface area (Å²) >= 11 is 3.49. The minimum atomic E-state index is -0.159. The van der Waals surface area contributed by atoms with Gasteiger partial charge < -0.3 is 19.1 Å². The summed E-state index contributed by atoms with van der Waals surface area (Å²) in [5.74, 6) is 1.44. The zero-order valence-electron chi connectivity index (χ0n) is 19.1. The Bertz CT molecular complexity index is 1200. The number of allylic oxidation sites excluding steroid dienone is 1. The lowest BCUT2D eigenvalue weighted by Gasteiger charge is -2.16. The van der Waals surface area contributed by atoms with Gasteiger partial charge >= 0.3 is 0 Å². The minimum absolute atomic E-state index is 0.104. The molecule has 3 rings (SSSR count). The molecule has 3 aromatic rings. The van der Waals surface area contributed by atoms with Crippen molar-refractivity contribution in [3.8, 4) is 17.2 Å². The number of hydrogen-bond acceptors (Lipinski definition) is 5. The van der Waals surface area contributed by atoms with E-state index in [1.54, 1.807) is 39.4 Å². The number of methoxy groups -OCH3 is 1. The third-order valence-electron chi connectivity index (χ3n) is 4.93. The van der Waals surface area contributed by atoms with Crippen molar-refractivity contribution < 1.29 is 23.8 Å². The van der Waals surface area contributed by atoms with Crippen molar-refractivity contribution in [1.29, 1.82) is 0 Å². The van der Waals surface area contributed by atoms with Gasteiger partial charge in [-0.15, -0.1) is 0 Å². The van der Waals surface area contributed by atoms with E-state index in [1.807, 2.05) is 43.3 Å². The van der Waals surface area contributed by atoms with Crippen LogP contribution in [0.25, 0.3) is 16.8 Å². The topological polar surface area (TPSA) is 65.1 Å².